The van der Waals surface area contributed by atoms with E-state index in [0.717, 1.165) is 29.7 Å². The predicted molar refractivity (Wildman–Crippen MR) is 130 cm³/mol. The Hall–Kier alpha value is -2.00. The molecule has 1 heterocycles. The van der Waals surface area contributed by atoms with E-state index in [1.165, 1.54) is 14.8 Å². The summed E-state index contributed by atoms with van der Waals surface area (Å²) in [6.07, 6.45) is 4.05. The first-order valence-corrected chi connectivity index (χ1v) is 13.5. The van der Waals surface area contributed by atoms with Crippen LogP contribution >= 0.6 is 11.8 Å². The van der Waals surface area contributed by atoms with Crippen LogP contribution in [0.5, 0.6) is 0 Å². The zero-order chi connectivity index (χ0) is 20.9. The van der Waals surface area contributed by atoms with Crippen molar-refractivity contribution in [1.82, 2.24) is 0 Å². The van der Waals surface area contributed by atoms with Crippen molar-refractivity contribution < 1.29 is 4.74 Å². The van der Waals surface area contributed by atoms with E-state index in [9.17, 15) is 5.21 Å². The fourth-order valence-electron chi connectivity index (χ4n) is 4.11. The Morgan fingerprint density at radius 2 is 1.57 bits per heavy atom. The summed E-state index contributed by atoms with van der Waals surface area (Å²) in [4.78, 5) is 0.347. The Morgan fingerprint density at radius 1 is 0.933 bits per heavy atom. The zero-order valence-corrected chi connectivity index (χ0v) is 19.9. The van der Waals surface area contributed by atoms with Gasteiger partial charge in [0.15, 0.2) is 0 Å². The van der Waals surface area contributed by atoms with Crippen LogP contribution in [-0.4, -0.2) is 31.7 Å². The van der Waals surface area contributed by atoms with E-state index in [0.29, 0.717) is 10.1 Å². The summed E-state index contributed by atoms with van der Waals surface area (Å²) >= 11 is 2.11. The predicted octanol–water partition coefficient (Wildman–Crippen LogP) is 5.76. The van der Waals surface area contributed by atoms with Crippen molar-refractivity contribution in [3.8, 4) is 0 Å². The summed E-state index contributed by atoms with van der Waals surface area (Å²) in [5.74, 6) is 0. The summed E-state index contributed by atoms with van der Waals surface area (Å²) in [7, 11) is 0. The molecule has 4 heteroatoms. The molecule has 3 aromatic rings. The molecule has 0 bridgehead atoms. The van der Waals surface area contributed by atoms with Crippen LogP contribution in [0.1, 0.15) is 47.7 Å². The molecular weight excluding hydrogens is 453 g/mol. The second-order valence-electron chi connectivity index (χ2n) is 7.60. The Labute approximate surface area is 190 Å². The second-order valence-corrected chi connectivity index (χ2v) is 11.5. The van der Waals surface area contributed by atoms with Gasteiger partial charge in [-0.15, -0.1) is 0 Å². The van der Waals surface area contributed by atoms with Gasteiger partial charge in [0.2, 0.25) is 0 Å². The monoisotopic (exact) mass is 481 g/mol. The van der Waals surface area contributed by atoms with Gasteiger partial charge < -0.3 is 0 Å². The van der Waals surface area contributed by atoms with Crippen LogP contribution in [0.15, 0.2) is 84.9 Å². The standard InChI is InChI=1S/C26H27NOSSe/c1-19(29-2)22-15-9-10-16-24(22)30-25-18-17-23(20-11-5-3-6-12-20)27(28)26(25)21-13-7-4-8-14-21/h3-16,19,25-26H,17-18H2,1-2H3/t19-,25?,26?/m0/s1. The minimum absolute atomic E-state index is 0.132. The van der Waals surface area contributed by atoms with E-state index in [1.54, 1.807) is 0 Å². The van der Waals surface area contributed by atoms with E-state index in [4.69, 9.17) is 0 Å². The number of hydrogen-bond acceptors (Lipinski definition) is 2. The van der Waals surface area contributed by atoms with Gasteiger partial charge in [0.25, 0.3) is 0 Å². The molecule has 3 atom stereocenters. The van der Waals surface area contributed by atoms with Crippen molar-refractivity contribution in [1.29, 1.82) is 0 Å². The average Bonchev–Trinajstić information content (AvgIpc) is 2.80. The second kappa shape index (κ2) is 9.87. The summed E-state index contributed by atoms with van der Waals surface area (Å²) in [6, 6.07) is 29.2. The number of nitrogens with zero attached hydrogens (tertiary/aromatic N) is 1. The first-order valence-electron chi connectivity index (χ1n) is 10.4. The molecule has 1 aliphatic heterocycles. The molecule has 4 rings (SSSR count). The third-order valence-corrected chi connectivity index (χ3v) is 9.72. The van der Waals surface area contributed by atoms with Gasteiger partial charge in [-0.1, -0.05) is 0 Å². The molecule has 0 saturated heterocycles. The van der Waals surface area contributed by atoms with E-state index in [1.807, 2.05) is 48.2 Å². The Kier molecular flexibility index (Phi) is 6.99. The maximum atomic E-state index is 13.7. The molecule has 0 radical (unpaired) electrons. The van der Waals surface area contributed by atoms with Crippen LogP contribution < -0.4 is 4.46 Å². The molecule has 3 aromatic carbocycles. The molecule has 30 heavy (non-hydrogen) atoms. The Balaban J connectivity index is 1.73. The normalized spacial score (nSPS) is 20.2. The number of hydrogen-bond donors (Lipinski definition) is 0. The molecular formula is C26H27NOSSe. The van der Waals surface area contributed by atoms with Gasteiger partial charge in [-0.05, 0) is 0 Å². The fourth-order valence-corrected chi connectivity index (χ4v) is 7.87. The van der Waals surface area contributed by atoms with Gasteiger partial charge in [0.1, 0.15) is 0 Å². The topological polar surface area (TPSA) is 26.1 Å². The molecule has 1 aliphatic rings. The van der Waals surface area contributed by atoms with Crippen molar-refractivity contribution in [3.63, 3.8) is 0 Å². The zero-order valence-electron chi connectivity index (χ0n) is 17.4. The third-order valence-electron chi connectivity index (χ3n) is 5.77. The number of hydroxylamine groups is 1. The van der Waals surface area contributed by atoms with Gasteiger partial charge in [0.05, 0.1) is 0 Å². The molecule has 0 saturated carbocycles. The van der Waals surface area contributed by atoms with Crippen molar-refractivity contribution >= 4 is 36.9 Å². The Morgan fingerprint density at radius 3 is 2.27 bits per heavy atom. The number of benzene rings is 3. The van der Waals surface area contributed by atoms with Crippen LogP contribution in [0.2, 0.25) is 4.82 Å². The number of thioether (sulfide) groups is 1. The quantitative estimate of drug-likeness (QED) is 0.255. The van der Waals surface area contributed by atoms with Gasteiger partial charge >= 0.3 is 191 Å². The van der Waals surface area contributed by atoms with Crippen LogP contribution in [0.25, 0.3) is 0 Å². The van der Waals surface area contributed by atoms with Gasteiger partial charge in [-0.25, -0.2) is 0 Å². The van der Waals surface area contributed by atoms with Crippen LogP contribution in [-0.2, 0) is 0 Å². The summed E-state index contributed by atoms with van der Waals surface area (Å²) in [5.41, 5.74) is 4.52. The molecule has 0 aliphatic carbocycles. The summed E-state index contributed by atoms with van der Waals surface area (Å²) < 4.78 is 2.76. The van der Waals surface area contributed by atoms with E-state index in [2.05, 4.69) is 61.7 Å². The van der Waals surface area contributed by atoms with Crippen molar-refractivity contribution in [2.75, 3.05) is 6.26 Å². The molecule has 0 spiro atoms. The Bertz CT molecular complexity index is 1010. The van der Waals surface area contributed by atoms with Crippen LogP contribution in [0.4, 0.5) is 0 Å². The van der Waals surface area contributed by atoms with E-state index >= 15 is 0 Å². The average molecular weight is 481 g/mol. The van der Waals surface area contributed by atoms with Gasteiger partial charge in [-0.2, -0.15) is 0 Å². The third kappa shape index (κ3) is 4.51. The molecule has 0 aromatic heterocycles. The molecule has 2 nitrogen and oxygen atoms in total. The van der Waals surface area contributed by atoms with Crippen molar-refractivity contribution in [2.24, 2.45) is 0 Å². The van der Waals surface area contributed by atoms with E-state index < -0.39 is 0 Å². The SMILES string of the molecule is CS[C@@H](C)c1ccccc1[Se]C1CCC(c2ccccc2)=[N+]([O-])C1c1ccccc1. The summed E-state index contributed by atoms with van der Waals surface area (Å²) in [6.45, 7) is 2.27. The molecule has 0 fully saturated rings. The summed E-state index contributed by atoms with van der Waals surface area (Å²) in [5, 5.41) is 14.2. The molecule has 0 N–H and O–H groups in total. The molecule has 2 unspecified atom stereocenters. The van der Waals surface area contributed by atoms with Crippen LogP contribution in [0, 0.1) is 5.21 Å². The first kappa shape index (κ1) is 21.2. The van der Waals surface area contributed by atoms with Crippen molar-refractivity contribution in [3.05, 3.63) is 107 Å². The van der Waals surface area contributed by atoms with E-state index in [-0.39, 0.29) is 21.0 Å². The van der Waals surface area contributed by atoms with Gasteiger partial charge in [-0.3, -0.25) is 0 Å². The number of rotatable bonds is 6. The fraction of sp³-hybridized carbons (Fsp3) is 0.269. The minimum atomic E-state index is -0.132. The molecule has 154 valence electrons. The first-order chi connectivity index (χ1) is 14.7. The maximum absolute atomic E-state index is 13.7. The molecule has 0 amide bonds. The van der Waals surface area contributed by atoms with Crippen LogP contribution in [0.3, 0.4) is 0 Å². The van der Waals surface area contributed by atoms with Gasteiger partial charge in [0, 0.05) is 0 Å². The van der Waals surface area contributed by atoms with Crippen molar-refractivity contribution in [2.45, 2.75) is 35.9 Å².